The Hall–Kier alpha value is -1.07. The van der Waals surface area contributed by atoms with Crippen molar-refractivity contribution in [2.45, 2.75) is 25.5 Å². The fraction of sp³-hybridized carbons (Fsp3) is 0.417. The summed E-state index contributed by atoms with van der Waals surface area (Å²) < 4.78 is 33.6. The molecule has 1 rings (SSSR count). The van der Waals surface area contributed by atoms with Crippen molar-refractivity contribution >= 4 is 17.6 Å². The van der Waals surface area contributed by atoms with Crippen molar-refractivity contribution < 1.29 is 13.7 Å². The van der Waals surface area contributed by atoms with Gasteiger partial charge in [0.15, 0.2) is 0 Å². The van der Waals surface area contributed by atoms with Gasteiger partial charge in [0.1, 0.15) is 27.7 Å². The SMILES string of the molecule is COc1cccc(F)c1/C=N/[S+]([O-])C(C)(C)C. The molecule has 0 saturated heterocycles. The second kappa shape index (κ2) is 5.51. The van der Waals surface area contributed by atoms with Crippen LogP contribution in [0.3, 0.4) is 0 Å². The molecular formula is C12H16FNO2S. The number of nitrogens with zero attached hydrogens (tertiary/aromatic N) is 1. The molecule has 1 unspecified atom stereocenters. The van der Waals surface area contributed by atoms with Crippen molar-refractivity contribution in [1.29, 1.82) is 0 Å². The highest BCUT2D eigenvalue weighted by atomic mass is 32.2. The molecule has 0 saturated carbocycles. The first-order chi connectivity index (χ1) is 7.86. The van der Waals surface area contributed by atoms with Crippen LogP contribution in [0, 0.1) is 5.82 Å². The van der Waals surface area contributed by atoms with E-state index in [9.17, 15) is 8.94 Å². The van der Waals surface area contributed by atoms with Gasteiger partial charge in [0.2, 0.25) is 0 Å². The van der Waals surface area contributed by atoms with Crippen LogP contribution < -0.4 is 4.74 Å². The van der Waals surface area contributed by atoms with Gasteiger partial charge in [0.05, 0.1) is 18.9 Å². The summed E-state index contributed by atoms with van der Waals surface area (Å²) in [5, 5.41) is 0. The van der Waals surface area contributed by atoms with E-state index in [0.29, 0.717) is 5.75 Å². The topological polar surface area (TPSA) is 44.6 Å². The normalized spacial score (nSPS) is 14.0. The molecule has 0 fully saturated rings. The fourth-order valence-electron chi connectivity index (χ4n) is 1.08. The van der Waals surface area contributed by atoms with Crippen molar-refractivity contribution in [2.24, 2.45) is 4.40 Å². The number of hydrogen-bond donors (Lipinski definition) is 0. The zero-order valence-electron chi connectivity index (χ0n) is 10.4. The van der Waals surface area contributed by atoms with Crippen LogP contribution in [0.4, 0.5) is 4.39 Å². The van der Waals surface area contributed by atoms with E-state index in [4.69, 9.17) is 4.74 Å². The summed E-state index contributed by atoms with van der Waals surface area (Å²) in [5.41, 5.74) is 0.215. The number of hydrogen-bond acceptors (Lipinski definition) is 3. The van der Waals surface area contributed by atoms with Gasteiger partial charge in [0.25, 0.3) is 0 Å². The predicted molar refractivity (Wildman–Crippen MR) is 68.4 cm³/mol. The number of ether oxygens (including phenoxy) is 1. The van der Waals surface area contributed by atoms with Gasteiger partial charge in [-0.3, -0.25) is 0 Å². The average molecular weight is 257 g/mol. The first-order valence-electron chi connectivity index (χ1n) is 5.15. The standard InChI is InChI=1S/C12H16FNO2S/c1-12(2,3)17(15)14-8-9-10(13)6-5-7-11(9)16-4/h5-8H,1-4H3/b14-8+. The van der Waals surface area contributed by atoms with Gasteiger partial charge in [0, 0.05) is 0 Å². The van der Waals surface area contributed by atoms with Crippen LogP contribution in [-0.4, -0.2) is 22.6 Å². The molecule has 1 atom stereocenters. The summed E-state index contributed by atoms with van der Waals surface area (Å²) in [6.07, 6.45) is 1.26. The number of halogens is 1. The molecule has 0 amide bonds. The molecule has 0 N–H and O–H groups in total. The monoisotopic (exact) mass is 257 g/mol. The summed E-state index contributed by atoms with van der Waals surface area (Å²) in [6.45, 7) is 5.41. The van der Waals surface area contributed by atoms with Crippen LogP contribution in [0.15, 0.2) is 22.6 Å². The number of rotatable bonds is 3. The van der Waals surface area contributed by atoms with E-state index in [1.54, 1.807) is 32.9 Å². The predicted octanol–water partition coefficient (Wildman–Crippen LogP) is 2.72. The zero-order valence-corrected chi connectivity index (χ0v) is 11.2. The maximum absolute atomic E-state index is 13.5. The number of benzene rings is 1. The molecule has 94 valence electrons. The Morgan fingerprint density at radius 2 is 2.06 bits per heavy atom. The minimum absolute atomic E-state index is 0.215. The van der Waals surface area contributed by atoms with E-state index in [-0.39, 0.29) is 5.56 Å². The number of methoxy groups -OCH3 is 1. The molecule has 0 aromatic heterocycles. The third-order valence-electron chi connectivity index (χ3n) is 2.03. The van der Waals surface area contributed by atoms with Crippen molar-refractivity contribution in [3.05, 3.63) is 29.6 Å². The van der Waals surface area contributed by atoms with Gasteiger partial charge in [-0.1, -0.05) is 10.5 Å². The molecule has 1 aromatic rings. The van der Waals surface area contributed by atoms with E-state index < -0.39 is 21.9 Å². The lowest BCUT2D eigenvalue weighted by Gasteiger charge is -2.17. The summed E-state index contributed by atoms with van der Waals surface area (Å²) in [5.74, 6) is -0.0707. The first kappa shape index (κ1) is 14.0. The van der Waals surface area contributed by atoms with E-state index >= 15 is 0 Å². The highest BCUT2D eigenvalue weighted by molar-refractivity contribution is 7.91. The van der Waals surface area contributed by atoms with Crippen molar-refractivity contribution in [2.75, 3.05) is 7.11 Å². The molecular weight excluding hydrogens is 241 g/mol. The molecule has 0 bridgehead atoms. The Morgan fingerprint density at radius 1 is 1.41 bits per heavy atom. The van der Waals surface area contributed by atoms with Gasteiger partial charge in [-0.2, -0.15) is 0 Å². The third-order valence-corrected chi connectivity index (χ3v) is 3.38. The fourth-order valence-corrected chi connectivity index (χ4v) is 1.60. The van der Waals surface area contributed by atoms with Crippen molar-refractivity contribution in [3.8, 4) is 5.75 Å². The molecule has 0 radical (unpaired) electrons. The molecule has 0 aliphatic rings. The first-order valence-corrected chi connectivity index (χ1v) is 6.25. The van der Waals surface area contributed by atoms with Gasteiger partial charge in [-0.25, -0.2) is 4.39 Å². The van der Waals surface area contributed by atoms with E-state index in [1.165, 1.54) is 19.4 Å². The quantitative estimate of drug-likeness (QED) is 0.617. The second-order valence-electron chi connectivity index (χ2n) is 4.45. The minimum Gasteiger partial charge on any atom is -0.591 e. The van der Waals surface area contributed by atoms with Gasteiger partial charge in [-0.15, -0.1) is 0 Å². The van der Waals surface area contributed by atoms with Crippen LogP contribution in [-0.2, 0) is 11.4 Å². The van der Waals surface area contributed by atoms with E-state index in [1.807, 2.05) is 0 Å². The highest BCUT2D eigenvalue weighted by Gasteiger charge is 2.26. The molecule has 5 heteroatoms. The molecule has 0 aliphatic carbocycles. The minimum atomic E-state index is -1.41. The van der Waals surface area contributed by atoms with E-state index in [0.717, 1.165) is 0 Å². The van der Waals surface area contributed by atoms with Crippen molar-refractivity contribution in [1.82, 2.24) is 0 Å². The second-order valence-corrected chi connectivity index (χ2v) is 6.39. The van der Waals surface area contributed by atoms with Gasteiger partial charge < -0.3 is 9.29 Å². The average Bonchev–Trinajstić information content (AvgIpc) is 2.25. The molecule has 0 aliphatic heterocycles. The molecule has 1 aromatic carbocycles. The summed E-state index contributed by atoms with van der Waals surface area (Å²) in [4.78, 5) is 0. The zero-order chi connectivity index (χ0) is 13.1. The Bertz CT molecular complexity index is 415. The lowest BCUT2D eigenvalue weighted by Crippen LogP contribution is -2.25. The molecule has 3 nitrogen and oxygen atoms in total. The maximum atomic E-state index is 13.5. The van der Waals surface area contributed by atoms with Gasteiger partial charge >= 0.3 is 0 Å². The molecule has 17 heavy (non-hydrogen) atoms. The Kier molecular flexibility index (Phi) is 4.54. The van der Waals surface area contributed by atoms with Crippen LogP contribution >= 0.6 is 0 Å². The van der Waals surface area contributed by atoms with Crippen LogP contribution in [0.25, 0.3) is 0 Å². The third kappa shape index (κ3) is 3.71. The maximum Gasteiger partial charge on any atom is 0.144 e. The van der Waals surface area contributed by atoms with E-state index in [2.05, 4.69) is 4.40 Å². The smallest absolute Gasteiger partial charge is 0.144 e. The summed E-state index contributed by atoms with van der Waals surface area (Å²) >= 11 is -1.41. The van der Waals surface area contributed by atoms with Crippen LogP contribution in [0.2, 0.25) is 0 Å². The van der Waals surface area contributed by atoms with Crippen LogP contribution in [0.1, 0.15) is 26.3 Å². The Morgan fingerprint density at radius 3 is 2.59 bits per heavy atom. The largest absolute Gasteiger partial charge is 0.591 e. The Labute approximate surface area is 104 Å². The summed E-state index contributed by atoms with van der Waals surface area (Å²) in [6, 6.07) is 4.49. The summed E-state index contributed by atoms with van der Waals surface area (Å²) in [7, 11) is 1.45. The van der Waals surface area contributed by atoms with Crippen LogP contribution in [0.5, 0.6) is 5.75 Å². The lowest BCUT2D eigenvalue weighted by molar-refractivity contribution is 0.410. The van der Waals surface area contributed by atoms with Crippen molar-refractivity contribution in [3.63, 3.8) is 0 Å². The van der Waals surface area contributed by atoms with Gasteiger partial charge in [-0.05, 0) is 32.9 Å². The highest BCUT2D eigenvalue weighted by Crippen LogP contribution is 2.21. The Balaban J connectivity index is 2.99. The molecule has 0 spiro atoms. The lowest BCUT2D eigenvalue weighted by atomic mass is 10.2. The molecule has 0 heterocycles.